The summed E-state index contributed by atoms with van der Waals surface area (Å²) in [4.78, 5) is 24.3. The lowest BCUT2D eigenvalue weighted by atomic mass is 10.2. The number of aryl methyl sites for hydroxylation is 1. The Morgan fingerprint density at radius 3 is 2.63 bits per heavy atom. The molecule has 0 fully saturated rings. The van der Waals surface area contributed by atoms with Crippen molar-refractivity contribution in [3.8, 4) is 5.75 Å². The van der Waals surface area contributed by atoms with E-state index in [0.717, 1.165) is 4.57 Å². The van der Waals surface area contributed by atoms with Crippen molar-refractivity contribution in [1.82, 2.24) is 9.13 Å². The fourth-order valence-electron chi connectivity index (χ4n) is 2.04. The molecule has 6 heteroatoms. The number of hydrogen-bond donors (Lipinski definition) is 1. The van der Waals surface area contributed by atoms with Gasteiger partial charge in [-0.3, -0.25) is 13.9 Å². The molecule has 0 spiro atoms. The molecule has 0 aliphatic heterocycles. The number of ether oxygens (including phenoxy) is 1. The van der Waals surface area contributed by atoms with E-state index < -0.39 is 17.4 Å². The SMILES string of the molecule is COc1ccc2c(=O)n(CC(C)O)c(=O)n(C)c2c1. The number of benzene rings is 1. The fourth-order valence-corrected chi connectivity index (χ4v) is 2.04. The van der Waals surface area contributed by atoms with E-state index in [2.05, 4.69) is 0 Å². The monoisotopic (exact) mass is 264 g/mol. The van der Waals surface area contributed by atoms with Gasteiger partial charge in [-0.15, -0.1) is 0 Å². The fraction of sp³-hybridized carbons (Fsp3) is 0.385. The summed E-state index contributed by atoms with van der Waals surface area (Å²) in [6.07, 6.45) is -0.763. The highest BCUT2D eigenvalue weighted by Gasteiger charge is 2.12. The van der Waals surface area contributed by atoms with Gasteiger partial charge in [0.05, 0.1) is 30.7 Å². The first kappa shape index (κ1) is 13.4. The van der Waals surface area contributed by atoms with Crippen molar-refractivity contribution in [2.45, 2.75) is 19.6 Å². The predicted molar refractivity (Wildman–Crippen MR) is 71.7 cm³/mol. The first-order chi connectivity index (χ1) is 8.95. The van der Waals surface area contributed by atoms with Gasteiger partial charge in [0.1, 0.15) is 5.75 Å². The van der Waals surface area contributed by atoms with Gasteiger partial charge in [0.15, 0.2) is 0 Å². The molecule has 2 aromatic rings. The first-order valence-electron chi connectivity index (χ1n) is 5.91. The zero-order valence-electron chi connectivity index (χ0n) is 11.1. The largest absolute Gasteiger partial charge is 0.497 e. The molecule has 102 valence electrons. The maximum absolute atomic E-state index is 12.2. The van der Waals surface area contributed by atoms with E-state index in [0.29, 0.717) is 16.7 Å². The third-order valence-electron chi connectivity index (χ3n) is 3.01. The molecule has 19 heavy (non-hydrogen) atoms. The Hall–Kier alpha value is -2.08. The van der Waals surface area contributed by atoms with Crippen LogP contribution in [0.25, 0.3) is 10.9 Å². The zero-order valence-corrected chi connectivity index (χ0v) is 11.1. The van der Waals surface area contributed by atoms with E-state index in [-0.39, 0.29) is 6.54 Å². The minimum absolute atomic E-state index is 0.0204. The first-order valence-corrected chi connectivity index (χ1v) is 5.91. The van der Waals surface area contributed by atoms with Crippen molar-refractivity contribution in [2.24, 2.45) is 7.05 Å². The molecule has 0 aliphatic rings. The molecule has 1 N–H and O–H groups in total. The van der Waals surface area contributed by atoms with Crippen LogP contribution < -0.4 is 16.0 Å². The molecule has 1 unspecified atom stereocenters. The van der Waals surface area contributed by atoms with Crippen LogP contribution >= 0.6 is 0 Å². The summed E-state index contributed by atoms with van der Waals surface area (Å²) in [7, 11) is 3.11. The molecule has 1 aromatic heterocycles. The van der Waals surface area contributed by atoms with Gasteiger partial charge in [-0.25, -0.2) is 4.79 Å². The minimum Gasteiger partial charge on any atom is -0.497 e. The van der Waals surface area contributed by atoms with E-state index in [1.54, 1.807) is 25.2 Å². The third kappa shape index (κ3) is 2.26. The van der Waals surface area contributed by atoms with Crippen LogP contribution in [0.5, 0.6) is 5.75 Å². The molecule has 0 aliphatic carbocycles. The Balaban J connectivity index is 2.83. The van der Waals surface area contributed by atoms with Crippen LogP contribution in [-0.4, -0.2) is 27.5 Å². The number of aliphatic hydroxyl groups is 1. The summed E-state index contributed by atoms with van der Waals surface area (Å²) in [5.41, 5.74) is -0.343. The van der Waals surface area contributed by atoms with Crippen molar-refractivity contribution in [2.75, 3.05) is 7.11 Å². The predicted octanol–water partition coefficient (Wildman–Crippen LogP) is 0.0896. The van der Waals surface area contributed by atoms with Gasteiger partial charge in [-0.2, -0.15) is 0 Å². The highest BCUT2D eigenvalue weighted by atomic mass is 16.5. The summed E-state index contributed by atoms with van der Waals surface area (Å²) in [5.74, 6) is 0.579. The van der Waals surface area contributed by atoms with Gasteiger partial charge in [0, 0.05) is 13.1 Å². The highest BCUT2D eigenvalue weighted by Crippen LogP contribution is 2.16. The van der Waals surface area contributed by atoms with Crippen molar-refractivity contribution in [3.63, 3.8) is 0 Å². The van der Waals surface area contributed by atoms with Gasteiger partial charge in [0.25, 0.3) is 5.56 Å². The van der Waals surface area contributed by atoms with Crippen LogP contribution in [0.2, 0.25) is 0 Å². The van der Waals surface area contributed by atoms with Crippen LogP contribution in [0, 0.1) is 0 Å². The van der Waals surface area contributed by atoms with E-state index in [1.165, 1.54) is 18.6 Å². The van der Waals surface area contributed by atoms with Crippen molar-refractivity contribution < 1.29 is 9.84 Å². The smallest absolute Gasteiger partial charge is 0.331 e. The maximum atomic E-state index is 12.2. The van der Waals surface area contributed by atoms with Crippen molar-refractivity contribution >= 4 is 10.9 Å². The summed E-state index contributed by atoms with van der Waals surface area (Å²) >= 11 is 0. The van der Waals surface area contributed by atoms with Crippen LogP contribution in [0.4, 0.5) is 0 Å². The summed E-state index contributed by atoms with van der Waals surface area (Å²) in [6.45, 7) is 1.51. The van der Waals surface area contributed by atoms with Gasteiger partial charge in [-0.05, 0) is 19.1 Å². The molecule has 1 heterocycles. The van der Waals surface area contributed by atoms with E-state index in [1.807, 2.05) is 0 Å². The molecule has 0 amide bonds. The molecule has 1 atom stereocenters. The minimum atomic E-state index is -0.763. The van der Waals surface area contributed by atoms with E-state index >= 15 is 0 Å². The normalized spacial score (nSPS) is 12.6. The zero-order chi connectivity index (χ0) is 14.2. The number of rotatable bonds is 3. The second-order valence-corrected chi connectivity index (χ2v) is 4.49. The maximum Gasteiger partial charge on any atom is 0.331 e. The number of aromatic nitrogens is 2. The molecule has 0 saturated carbocycles. The average Bonchev–Trinajstić information content (AvgIpc) is 2.40. The summed E-state index contributed by atoms with van der Waals surface area (Å²) in [5, 5.41) is 9.79. The van der Waals surface area contributed by atoms with Crippen LogP contribution in [0.1, 0.15) is 6.92 Å². The van der Waals surface area contributed by atoms with Gasteiger partial charge >= 0.3 is 5.69 Å². The lowest BCUT2D eigenvalue weighted by molar-refractivity contribution is 0.170. The molecule has 6 nitrogen and oxygen atoms in total. The average molecular weight is 264 g/mol. The van der Waals surface area contributed by atoms with Crippen LogP contribution in [0.15, 0.2) is 27.8 Å². The van der Waals surface area contributed by atoms with Gasteiger partial charge < -0.3 is 9.84 Å². The van der Waals surface area contributed by atoms with Crippen LogP contribution in [0.3, 0.4) is 0 Å². The second kappa shape index (κ2) is 4.89. The second-order valence-electron chi connectivity index (χ2n) is 4.49. The van der Waals surface area contributed by atoms with E-state index in [9.17, 15) is 14.7 Å². The Bertz CT molecular complexity index is 728. The quantitative estimate of drug-likeness (QED) is 0.852. The molecular formula is C13H16N2O4. The summed E-state index contributed by atoms with van der Waals surface area (Å²) in [6, 6.07) is 4.93. The lowest BCUT2D eigenvalue weighted by Gasteiger charge is -2.12. The number of methoxy groups -OCH3 is 1. The highest BCUT2D eigenvalue weighted by molar-refractivity contribution is 5.79. The van der Waals surface area contributed by atoms with E-state index in [4.69, 9.17) is 4.74 Å². The Morgan fingerprint density at radius 1 is 1.37 bits per heavy atom. The molecular weight excluding hydrogens is 248 g/mol. The standard InChI is InChI=1S/C13H16N2O4/c1-8(16)7-15-12(17)10-5-4-9(19-3)6-11(10)14(2)13(15)18/h4-6,8,16H,7H2,1-3H3. The third-order valence-corrected chi connectivity index (χ3v) is 3.01. The number of fused-ring (bicyclic) bond motifs is 1. The molecule has 0 radical (unpaired) electrons. The topological polar surface area (TPSA) is 73.5 Å². The lowest BCUT2D eigenvalue weighted by Crippen LogP contribution is -2.41. The molecule has 2 rings (SSSR count). The van der Waals surface area contributed by atoms with Gasteiger partial charge in [-0.1, -0.05) is 0 Å². The Labute approximate surface area is 109 Å². The molecule has 1 aromatic carbocycles. The number of aliphatic hydroxyl groups excluding tert-OH is 1. The number of hydrogen-bond acceptors (Lipinski definition) is 4. The Morgan fingerprint density at radius 2 is 2.05 bits per heavy atom. The van der Waals surface area contributed by atoms with Crippen molar-refractivity contribution in [1.29, 1.82) is 0 Å². The molecule has 0 bridgehead atoms. The molecule has 0 saturated heterocycles. The number of nitrogens with zero attached hydrogens (tertiary/aromatic N) is 2. The van der Waals surface area contributed by atoms with Gasteiger partial charge in [0.2, 0.25) is 0 Å². The summed E-state index contributed by atoms with van der Waals surface area (Å²) < 4.78 is 7.51. The Kier molecular flexibility index (Phi) is 3.44. The van der Waals surface area contributed by atoms with Crippen LogP contribution in [-0.2, 0) is 13.6 Å². The van der Waals surface area contributed by atoms with Crippen molar-refractivity contribution in [3.05, 3.63) is 39.0 Å².